The molecule has 3 nitrogen and oxygen atoms in total. The maximum atomic E-state index is 4.28. The van der Waals surface area contributed by atoms with Crippen LogP contribution in [0.1, 0.15) is 6.42 Å². The van der Waals surface area contributed by atoms with Crippen molar-refractivity contribution >= 4 is 22.1 Å². The first-order chi connectivity index (χ1) is 23.8. The van der Waals surface area contributed by atoms with Crippen LogP contribution in [0.3, 0.4) is 0 Å². The summed E-state index contributed by atoms with van der Waals surface area (Å²) < 4.78 is 0. The van der Waals surface area contributed by atoms with Crippen LogP contribution in [0.15, 0.2) is 182 Å². The number of hydrogen-bond acceptors (Lipinski definition) is 3. The maximum Gasteiger partial charge on any atom is 0.0473 e. The molecule has 0 bridgehead atoms. The molecule has 0 atom stereocenters. The Bertz CT molecular complexity index is 2330. The summed E-state index contributed by atoms with van der Waals surface area (Å²) in [5.41, 5.74) is 15.5. The number of anilines is 2. The molecule has 0 aliphatic heterocycles. The molecule has 0 spiro atoms. The van der Waals surface area contributed by atoms with Gasteiger partial charge in [-0.25, -0.2) is 0 Å². The molecular weight excluding hydrogens is 583 g/mol. The predicted octanol–water partition coefficient (Wildman–Crippen LogP) is 11.8. The van der Waals surface area contributed by atoms with E-state index in [1.54, 1.807) is 0 Å². The highest BCUT2D eigenvalue weighted by atomic mass is 15.1. The molecule has 0 saturated heterocycles. The van der Waals surface area contributed by atoms with E-state index in [2.05, 4.69) is 167 Å². The van der Waals surface area contributed by atoms with Crippen LogP contribution < -0.4 is 4.90 Å². The van der Waals surface area contributed by atoms with Gasteiger partial charge in [0.25, 0.3) is 0 Å². The number of aromatic nitrogens is 2. The highest BCUT2D eigenvalue weighted by molar-refractivity contribution is 6.18. The number of rotatable bonds is 6. The molecule has 0 fully saturated rings. The molecule has 7 aromatic rings. The van der Waals surface area contributed by atoms with Gasteiger partial charge in [0.2, 0.25) is 0 Å². The van der Waals surface area contributed by atoms with Gasteiger partial charge in [0.05, 0.1) is 0 Å². The van der Waals surface area contributed by atoms with E-state index >= 15 is 0 Å². The number of fused-ring (bicyclic) bond motifs is 3. The molecule has 3 heteroatoms. The Labute approximate surface area is 280 Å². The number of allylic oxidation sites excluding steroid dienone is 5. The summed E-state index contributed by atoms with van der Waals surface area (Å²) in [7, 11) is 0. The lowest BCUT2D eigenvalue weighted by Gasteiger charge is -2.28. The lowest BCUT2D eigenvalue weighted by molar-refractivity contribution is 1.18. The largest absolute Gasteiger partial charge is 0.311 e. The van der Waals surface area contributed by atoms with Gasteiger partial charge >= 0.3 is 0 Å². The molecule has 2 heterocycles. The number of pyridine rings is 2. The molecule has 48 heavy (non-hydrogen) atoms. The van der Waals surface area contributed by atoms with Crippen molar-refractivity contribution in [3.05, 3.63) is 182 Å². The van der Waals surface area contributed by atoms with Crippen LogP contribution in [0.25, 0.3) is 66.4 Å². The van der Waals surface area contributed by atoms with Crippen molar-refractivity contribution in [2.24, 2.45) is 0 Å². The lowest BCUT2D eigenvalue weighted by atomic mass is 9.94. The fourth-order valence-electron chi connectivity index (χ4n) is 7.22. The smallest absolute Gasteiger partial charge is 0.0473 e. The second-order valence-electron chi connectivity index (χ2n) is 12.2. The molecule has 9 rings (SSSR count). The van der Waals surface area contributed by atoms with E-state index in [4.69, 9.17) is 0 Å². The quantitative estimate of drug-likeness (QED) is 0.187. The Balaban J connectivity index is 1.23. The van der Waals surface area contributed by atoms with E-state index in [1.807, 2.05) is 24.8 Å². The Kier molecular flexibility index (Phi) is 6.87. The Morgan fingerprint density at radius 1 is 0.458 bits per heavy atom. The Morgan fingerprint density at radius 2 is 1.08 bits per heavy atom. The Hall–Kier alpha value is -6.32. The summed E-state index contributed by atoms with van der Waals surface area (Å²) in [6.45, 7) is 0. The fourth-order valence-corrected chi connectivity index (χ4v) is 7.22. The van der Waals surface area contributed by atoms with Gasteiger partial charge in [-0.05, 0) is 134 Å². The molecule has 0 unspecified atom stereocenters. The minimum absolute atomic E-state index is 0.856. The summed E-state index contributed by atoms with van der Waals surface area (Å²) in [4.78, 5) is 11.0. The second kappa shape index (κ2) is 11.8. The van der Waals surface area contributed by atoms with Gasteiger partial charge in [0, 0.05) is 41.9 Å². The summed E-state index contributed by atoms with van der Waals surface area (Å²) in [5, 5.41) is 2.62. The van der Waals surface area contributed by atoms with Gasteiger partial charge < -0.3 is 4.90 Å². The van der Waals surface area contributed by atoms with Crippen LogP contribution in [-0.4, -0.2) is 9.97 Å². The number of benzene rings is 5. The molecular formula is C45H31N3. The zero-order valence-corrected chi connectivity index (χ0v) is 26.3. The van der Waals surface area contributed by atoms with Crippen molar-refractivity contribution in [3.8, 4) is 55.6 Å². The van der Waals surface area contributed by atoms with Crippen LogP contribution in [-0.2, 0) is 0 Å². The third kappa shape index (κ3) is 4.85. The van der Waals surface area contributed by atoms with Crippen molar-refractivity contribution < 1.29 is 0 Å². The van der Waals surface area contributed by atoms with Crippen LogP contribution >= 0.6 is 0 Å². The first-order valence-electron chi connectivity index (χ1n) is 16.4. The monoisotopic (exact) mass is 613 g/mol. The molecule has 226 valence electrons. The van der Waals surface area contributed by atoms with Crippen LogP contribution in [0, 0.1) is 0 Å². The normalized spacial score (nSPS) is 12.9. The molecule has 5 aromatic carbocycles. The molecule has 2 aliphatic rings. The van der Waals surface area contributed by atoms with Crippen LogP contribution in [0.4, 0.5) is 11.4 Å². The van der Waals surface area contributed by atoms with Crippen LogP contribution in [0.5, 0.6) is 0 Å². The first-order valence-corrected chi connectivity index (χ1v) is 16.4. The predicted molar refractivity (Wildman–Crippen MR) is 200 cm³/mol. The molecule has 0 amide bonds. The van der Waals surface area contributed by atoms with E-state index in [0.717, 1.165) is 45.7 Å². The molecule has 2 aromatic heterocycles. The van der Waals surface area contributed by atoms with Crippen molar-refractivity contribution in [1.29, 1.82) is 0 Å². The van der Waals surface area contributed by atoms with Gasteiger partial charge in [0.1, 0.15) is 0 Å². The SMILES string of the molecule is C1=CCC=C(N(c2cc(-c3ccncc3)cc(-c3ccncc3)c2)c2cccc(-c3ccc4c5c(cccc35)-c3ccccc3-4)c2)C=C1. The number of hydrogen-bond donors (Lipinski definition) is 0. The molecule has 0 N–H and O–H groups in total. The van der Waals surface area contributed by atoms with Gasteiger partial charge in [-0.2, -0.15) is 0 Å². The van der Waals surface area contributed by atoms with E-state index in [-0.39, 0.29) is 0 Å². The van der Waals surface area contributed by atoms with Gasteiger partial charge in [0.15, 0.2) is 0 Å². The highest BCUT2D eigenvalue weighted by Gasteiger charge is 2.23. The summed E-state index contributed by atoms with van der Waals surface area (Å²) in [6, 6.07) is 44.2. The van der Waals surface area contributed by atoms with Gasteiger partial charge in [-0.3, -0.25) is 9.97 Å². The van der Waals surface area contributed by atoms with E-state index < -0.39 is 0 Å². The average Bonchev–Trinajstić information content (AvgIpc) is 3.27. The first kappa shape index (κ1) is 27.9. The highest BCUT2D eigenvalue weighted by Crippen LogP contribution is 2.49. The van der Waals surface area contributed by atoms with Crippen molar-refractivity contribution in [2.75, 3.05) is 4.90 Å². The standard InChI is InChI=1S/C45H31N3/c1-2-4-11-36(10-3-1)48(38-29-34(31-19-23-46-24-20-31)27-35(30-38)32-21-25-47-26-22-32)37-12-7-9-33(28-37)39-17-18-44-41-14-6-5-13-40(41)43-16-8-15-42(39)45(43)44/h1-3,5-30H,4H2. The lowest BCUT2D eigenvalue weighted by Crippen LogP contribution is -2.15. The Morgan fingerprint density at radius 3 is 1.81 bits per heavy atom. The van der Waals surface area contributed by atoms with E-state index in [9.17, 15) is 0 Å². The minimum Gasteiger partial charge on any atom is -0.311 e. The van der Waals surface area contributed by atoms with Crippen molar-refractivity contribution in [2.45, 2.75) is 6.42 Å². The van der Waals surface area contributed by atoms with Crippen LogP contribution in [0.2, 0.25) is 0 Å². The molecule has 0 radical (unpaired) electrons. The zero-order chi connectivity index (χ0) is 31.9. The maximum absolute atomic E-state index is 4.28. The third-order valence-electron chi connectivity index (χ3n) is 9.40. The summed E-state index contributed by atoms with van der Waals surface area (Å²) in [5.74, 6) is 0. The average molecular weight is 614 g/mol. The van der Waals surface area contributed by atoms with Gasteiger partial charge in [-0.1, -0.05) is 91.0 Å². The topological polar surface area (TPSA) is 29.0 Å². The van der Waals surface area contributed by atoms with Crippen molar-refractivity contribution in [3.63, 3.8) is 0 Å². The van der Waals surface area contributed by atoms with E-state index in [0.29, 0.717) is 0 Å². The number of nitrogens with zero attached hydrogens (tertiary/aromatic N) is 3. The summed E-state index contributed by atoms with van der Waals surface area (Å²) >= 11 is 0. The van der Waals surface area contributed by atoms with E-state index in [1.165, 1.54) is 44.2 Å². The van der Waals surface area contributed by atoms with Crippen molar-refractivity contribution in [1.82, 2.24) is 9.97 Å². The second-order valence-corrected chi connectivity index (χ2v) is 12.2. The molecule has 0 saturated carbocycles. The zero-order valence-electron chi connectivity index (χ0n) is 26.3. The molecule has 2 aliphatic carbocycles. The summed E-state index contributed by atoms with van der Waals surface area (Å²) in [6.07, 6.45) is 19.2. The fraction of sp³-hybridized carbons (Fsp3) is 0.0222. The van der Waals surface area contributed by atoms with Gasteiger partial charge in [-0.15, -0.1) is 0 Å². The third-order valence-corrected chi connectivity index (χ3v) is 9.40. The minimum atomic E-state index is 0.856.